The molecule has 0 radical (unpaired) electrons. The highest BCUT2D eigenvalue weighted by Gasteiger charge is 2.05. The molecule has 0 saturated carbocycles. The van der Waals surface area contributed by atoms with Gasteiger partial charge in [-0.2, -0.15) is 12.6 Å². The van der Waals surface area contributed by atoms with E-state index in [0.29, 0.717) is 5.89 Å². The van der Waals surface area contributed by atoms with Crippen molar-refractivity contribution < 1.29 is 4.42 Å². The molecule has 2 rings (SSSR count). The van der Waals surface area contributed by atoms with Gasteiger partial charge in [0.15, 0.2) is 11.5 Å². The Morgan fingerprint density at radius 1 is 1.46 bits per heavy atom. The molecule has 1 aromatic heterocycles. The van der Waals surface area contributed by atoms with Gasteiger partial charge in [-0.05, 0) is 24.6 Å². The van der Waals surface area contributed by atoms with Gasteiger partial charge in [-0.3, -0.25) is 0 Å². The third-order valence-electron chi connectivity index (χ3n) is 2.00. The monoisotopic (exact) mass is 193 g/mol. The second-order valence-electron chi connectivity index (χ2n) is 3.14. The lowest BCUT2D eigenvalue weighted by atomic mass is 10.1. The zero-order valence-corrected chi connectivity index (χ0v) is 8.51. The minimum Gasteiger partial charge on any atom is -0.441 e. The van der Waals surface area contributed by atoms with E-state index >= 15 is 0 Å². The molecule has 0 aliphatic rings. The molecule has 0 fully saturated rings. The van der Waals surface area contributed by atoms with Crippen LogP contribution in [0.15, 0.2) is 22.6 Å². The maximum atomic E-state index is 5.41. The fourth-order valence-electron chi connectivity index (χ4n) is 1.32. The van der Waals surface area contributed by atoms with Crippen molar-refractivity contribution >= 4 is 23.7 Å². The Kier molecular flexibility index (Phi) is 2.04. The number of hydrogen-bond acceptors (Lipinski definition) is 3. The maximum absolute atomic E-state index is 5.41. The Morgan fingerprint density at radius 2 is 2.23 bits per heavy atom. The lowest BCUT2D eigenvalue weighted by molar-refractivity contribution is 0.560. The highest BCUT2D eigenvalue weighted by Crippen LogP contribution is 2.23. The second-order valence-corrected chi connectivity index (χ2v) is 3.91. The minimum absolute atomic E-state index is 0.231. The van der Waals surface area contributed by atoms with Gasteiger partial charge in [-0.15, -0.1) is 0 Å². The molecule has 1 aromatic carbocycles. The highest BCUT2D eigenvalue weighted by atomic mass is 32.1. The van der Waals surface area contributed by atoms with E-state index < -0.39 is 0 Å². The molecule has 0 amide bonds. The van der Waals surface area contributed by atoms with Crippen LogP contribution in [0.3, 0.4) is 0 Å². The minimum atomic E-state index is 0.231. The van der Waals surface area contributed by atoms with Crippen molar-refractivity contribution in [2.45, 2.75) is 19.1 Å². The van der Waals surface area contributed by atoms with Gasteiger partial charge in [0.1, 0.15) is 5.52 Å². The number of hydrogen-bond donors (Lipinski definition) is 1. The van der Waals surface area contributed by atoms with Crippen LogP contribution in [0.1, 0.15) is 23.6 Å². The van der Waals surface area contributed by atoms with Crippen molar-refractivity contribution in [3.05, 3.63) is 29.7 Å². The van der Waals surface area contributed by atoms with Crippen LogP contribution in [-0.4, -0.2) is 4.98 Å². The van der Waals surface area contributed by atoms with E-state index in [4.69, 9.17) is 4.42 Å². The number of fused-ring (bicyclic) bond motifs is 1. The summed E-state index contributed by atoms with van der Waals surface area (Å²) in [6.45, 7) is 3.89. The molecule has 0 N–H and O–H groups in total. The van der Waals surface area contributed by atoms with Gasteiger partial charge in [-0.25, -0.2) is 4.98 Å². The number of oxazole rings is 1. The Bertz CT molecular complexity index is 433. The summed E-state index contributed by atoms with van der Waals surface area (Å²) in [5, 5.41) is 0.231. The van der Waals surface area contributed by atoms with Crippen molar-refractivity contribution in [1.82, 2.24) is 4.98 Å². The standard InChI is InChI=1S/C10H11NOS/c1-6(13)8-3-4-9-10(5-8)12-7(2)11-9/h3-6,13H,1-2H3. The van der Waals surface area contributed by atoms with Crippen LogP contribution < -0.4 is 0 Å². The van der Waals surface area contributed by atoms with Crippen LogP contribution in [0.5, 0.6) is 0 Å². The Hall–Kier alpha value is -0.960. The SMILES string of the molecule is Cc1nc2ccc(C(C)S)cc2o1. The van der Waals surface area contributed by atoms with Crippen molar-refractivity contribution in [2.75, 3.05) is 0 Å². The molecule has 2 aromatic rings. The molecule has 0 aliphatic heterocycles. The first-order valence-corrected chi connectivity index (χ1v) is 4.73. The number of aromatic nitrogens is 1. The predicted octanol–water partition coefficient (Wildman–Crippen LogP) is 3.13. The van der Waals surface area contributed by atoms with E-state index in [1.807, 2.05) is 32.0 Å². The van der Waals surface area contributed by atoms with Gasteiger partial charge in [-0.1, -0.05) is 6.07 Å². The molecule has 1 atom stereocenters. The zero-order chi connectivity index (χ0) is 9.42. The van der Waals surface area contributed by atoms with E-state index in [9.17, 15) is 0 Å². The third kappa shape index (κ3) is 1.56. The first-order chi connectivity index (χ1) is 6.16. The quantitative estimate of drug-likeness (QED) is 0.704. The lowest BCUT2D eigenvalue weighted by Gasteiger charge is -2.01. The first kappa shape index (κ1) is 8.63. The molecule has 2 nitrogen and oxygen atoms in total. The highest BCUT2D eigenvalue weighted by molar-refractivity contribution is 7.80. The Labute approximate surface area is 82.4 Å². The summed E-state index contributed by atoms with van der Waals surface area (Å²) in [6, 6.07) is 5.99. The maximum Gasteiger partial charge on any atom is 0.192 e. The van der Waals surface area contributed by atoms with Crippen molar-refractivity contribution in [2.24, 2.45) is 0 Å². The number of thiol groups is 1. The first-order valence-electron chi connectivity index (χ1n) is 4.22. The predicted molar refractivity (Wildman–Crippen MR) is 56.1 cm³/mol. The number of nitrogens with zero attached hydrogens (tertiary/aromatic N) is 1. The summed E-state index contributed by atoms with van der Waals surface area (Å²) in [6.07, 6.45) is 0. The van der Waals surface area contributed by atoms with Crippen LogP contribution >= 0.6 is 12.6 Å². The van der Waals surface area contributed by atoms with Crippen molar-refractivity contribution in [3.63, 3.8) is 0 Å². The zero-order valence-electron chi connectivity index (χ0n) is 7.61. The van der Waals surface area contributed by atoms with Crippen molar-refractivity contribution in [3.8, 4) is 0 Å². The molecular formula is C10H11NOS. The molecule has 13 heavy (non-hydrogen) atoms. The fraction of sp³-hybridized carbons (Fsp3) is 0.300. The summed E-state index contributed by atoms with van der Waals surface area (Å²) in [5.41, 5.74) is 2.91. The Morgan fingerprint density at radius 3 is 2.92 bits per heavy atom. The van der Waals surface area contributed by atoms with Crippen LogP contribution in [0.4, 0.5) is 0 Å². The number of aryl methyl sites for hydroxylation is 1. The largest absolute Gasteiger partial charge is 0.441 e. The molecular weight excluding hydrogens is 182 g/mol. The van der Waals surface area contributed by atoms with Crippen LogP contribution in [0, 0.1) is 6.92 Å². The molecule has 0 bridgehead atoms. The van der Waals surface area contributed by atoms with Gasteiger partial charge >= 0.3 is 0 Å². The van der Waals surface area contributed by atoms with E-state index in [0.717, 1.165) is 16.7 Å². The van der Waals surface area contributed by atoms with E-state index in [-0.39, 0.29) is 5.25 Å². The average molecular weight is 193 g/mol. The fourth-order valence-corrected chi connectivity index (χ4v) is 1.48. The molecule has 3 heteroatoms. The van der Waals surface area contributed by atoms with Gasteiger partial charge in [0.2, 0.25) is 0 Å². The van der Waals surface area contributed by atoms with Gasteiger partial charge < -0.3 is 4.42 Å². The van der Waals surface area contributed by atoms with E-state index in [1.165, 1.54) is 0 Å². The van der Waals surface area contributed by atoms with Crippen LogP contribution in [0.2, 0.25) is 0 Å². The van der Waals surface area contributed by atoms with E-state index in [2.05, 4.69) is 17.6 Å². The third-order valence-corrected chi connectivity index (χ3v) is 2.30. The molecule has 1 heterocycles. The topological polar surface area (TPSA) is 26.0 Å². The molecule has 0 aliphatic carbocycles. The smallest absolute Gasteiger partial charge is 0.192 e. The Balaban J connectivity index is 2.61. The molecule has 68 valence electrons. The summed E-state index contributed by atoms with van der Waals surface area (Å²) >= 11 is 4.36. The lowest BCUT2D eigenvalue weighted by Crippen LogP contribution is -1.82. The molecule has 1 unspecified atom stereocenters. The number of rotatable bonds is 1. The summed E-state index contributed by atoms with van der Waals surface area (Å²) < 4.78 is 5.41. The van der Waals surface area contributed by atoms with E-state index in [1.54, 1.807) is 0 Å². The summed E-state index contributed by atoms with van der Waals surface area (Å²) in [7, 11) is 0. The summed E-state index contributed by atoms with van der Waals surface area (Å²) in [4.78, 5) is 4.22. The van der Waals surface area contributed by atoms with Crippen LogP contribution in [0.25, 0.3) is 11.1 Å². The second kappa shape index (κ2) is 3.07. The van der Waals surface area contributed by atoms with Crippen molar-refractivity contribution in [1.29, 1.82) is 0 Å². The average Bonchev–Trinajstić information content (AvgIpc) is 2.42. The van der Waals surface area contributed by atoms with Gasteiger partial charge in [0.25, 0.3) is 0 Å². The van der Waals surface area contributed by atoms with Crippen LogP contribution in [-0.2, 0) is 0 Å². The summed E-state index contributed by atoms with van der Waals surface area (Å²) in [5.74, 6) is 0.707. The van der Waals surface area contributed by atoms with Gasteiger partial charge in [0.05, 0.1) is 0 Å². The normalized spacial score (nSPS) is 13.5. The molecule has 0 spiro atoms. The van der Waals surface area contributed by atoms with Gasteiger partial charge in [0, 0.05) is 12.2 Å². The number of benzene rings is 1. The molecule has 0 saturated heterocycles.